The van der Waals surface area contributed by atoms with E-state index in [9.17, 15) is 29.4 Å². The van der Waals surface area contributed by atoms with Crippen molar-refractivity contribution in [3.63, 3.8) is 0 Å². The fourth-order valence-electron chi connectivity index (χ4n) is 8.96. The number of methoxy groups -OCH3 is 1. The zero-order chi connectivity index (χ0) is 50.1. The zero-order valence-electron chi connectivity index (χ0n) is 40.4. The van der Waals surface area contributed by atoms with E-state index in [2.05, 4.69) is 10.6 Å². The van der Waals surface area contributed by atoms with Gasteiger partial charge in [-0.3, -0.25) is 24.0 Å². The minimum atomic E-state index is -2.18. The predicted octanol–water partition coefficient (Wildman–Crippen LogP) is 7.51. The Hall–Kier alpha value is -6.68. The molecule has 15 heteroatoms. The molecule has 0 unspecified atom stereocenters. The molecule has 0 fully saturated rings. The van der Waals surface area contributed by atoms with E-state index in [-0.39, 0.29) is 39.5 Å². The van der Waals surface area contributed by atoms with Crippen LogP contribution >= 0.6 is 0 Å². The third-order valence-electron chi connectivity index (χ3n) is 12.9. The van der Waals surface area contributed by atoms with E-state index in [1.54, 1.807) is 64.1 Å². The van der Waals surface area contributed by atoms with Gasteiger partial charge in [0.1, 0.15) is 29.0 Å². The fraction of sp³-hybridized carbons (Fsp3) is 0.396. The van der Waals surface area contributed by atoms with E-state index in [4.69, 9.17) is 23.7 Å². The highest BCUT2D eigenvalue weighted by atomic mass is 16.7. The number of rotatable bonds is 6. The Bertz CT molecular complexity index is 2660. The van der Waals surface area contributed by atoms with Crippen LogP contribution < -0.4 is 20.1 Å². The second-order valence-corrected chi connectivity index (χ2v) is 18.3. The number of aliphatic hydroxyl groups excluding tert-OH is 2. The first-order valence-electron chi connectivity index (χ1n) is 22.5. The number of carbonyl (C=O) groups is 6. The van der Waals surface area contributed by atoms with Crippen molar-refractivity contribution in [2.75, 3.05) is 12.4 Å². The lowest BCUT2D eigenvalue weighted by Gasteiger charge is -2.38. The van der Waals surface area contributed by atoms with Crippen molar-refractivity contribution < 1.29 is 62.7 Å². The lowest BCUT2D eigenvalue weighted by Crippen LogP contribution is -2.46. The number of ketones is 3. The molecule has 360 valence electrons. The lowest BCUT2D eigenvalue weighted by atomic mass is 9.78. The SMILES string of the molecule is CO[C@H]1/C=C\O[C@@]2(C)Oc3c(C)c(OC(=O)c4ccc(C)cc4)c4c(c3C2=O)C(=O)C(Nc2cc(C)cc(C)c2)=C(NC(=O)/C(C)=C\C=C/[C@H](C)[C@H](O)[C@@H](C)[C@H](O)[C@H](C)[C@H](OC(C)=O)[C@@H]1C)C4=O. The molecule has 0 spiro atoms. The largest absolute Gasteiger partial charge is 0.462 e. The number of Topliss-reactive ketones (excluding diaryl/α,β-unsaturated/α-hetero) is 3. The van der Waals surface area contributed by atoms with Gasteiger partial charge in [-0.2, -0.15) is 0 Å². The van der Waals surface area contributed by atoms with Crippen molar-refractivity contribution in [1.82, 2.24) is 5.32 Å². The second kappa shape index (κ2) is 20.3. The van der Waals surface area contributed by atoms with Crippen LogP contribution in [0.15, 0.2) is 90.0 Å². The van der Waals surface area contributed by atoms with E-state index < -0.39 is 106 Å². The molecule has 3 aromatic carbocycles. The number of anilines is 1. The fourth-order valence-corrected chi connectivity index (χ4v) is 8.96. The van der Waals surface area contributed by atoms with Crippen LogP contribution in [0.3, 0.4) is 0 Å². The number of allylic oxidation sites excluding steroid dienone is 4. The number of aryl methyl sites for hydroxylation is 3. The average Bonchev–Trinajstić information content (AvgIpc) is 3.55. The van der Waals surface area contributed by atoms with Crippen molar-refractivity contribution in [3.05, 3.63) is 135 Å². The first kappa shape index (κ1) is 50.7. The second-order valence-electron chi connectivity index (χ2n) is 18.3. The summed E-state index contributed by atoms with van der Waals surface area (Å²) < 4.78 is 30.0. The summed E-state index contributed by atoms with van der Waals surface area (Å²) in [7, 11) is 1.42. The molecule has 0 saturated carbocycles. The molecule has 1 aliphatic carbocycles. The third kappa shape index (κ3) is 10.1. The number of fused-ring (bicyclic) bond motifs is 14. The molecule has 3 aromatic rings. The van der Waals surface area contributed by atoms with E-state index in [0.717, 1.165) is 16.7 Å². The molecule has 7 rings (SSSR count). The van der Waals surface area contributed by atoms with Crippen LogP contribution in [0.1, 0.15) is 112 Å². The summed E-state index contributed by atoms with van der Waals surface area (Å²) >= 11 is 0. The third-order valence-corrected chi connectivity index (χ3v) is 12.9. The summed E-state index contributed by atoms with van der Waals surface area (Å²) in [6.45, 7) is 17.9. The monoisotopic (exact) mass is 932 g/mol. The molecule has 1 amide bonds. The maximum absolute atomic E-state index is 15.3. The summed E-state index contributed by atoms with van der Waals surface area (Å²) in [6.07, 6.45) is 3.23. The van der Waals surface area contributed by atoms with Gasteiger partial charge in [-0.25, -0.2) is 4.79 Å². The van der Waals surface area contributed by atoms with Crippen molar-refractivity contribution in [1.29, 1.82) is 0 Å². The number of hydrogen-bond donors (Lipinski definition) is 4. The lowest BCUT2D eigenvalue weighted by molar-refractivity contribution is -0.160. The van der Waals surface area contributed by atoms with Gasteiger partial charge in [0.2, 0.25) is 11.6 Å². The number of nitrogens with one attached hydrogen (secondary N) is 2. The Balaban J connectivity index is 1.58. The van der Waals surface area contributed by atoms with Gasteiger partial charge in [-0.15, -0.1) is 0 Å². The number of aliphatic hydroxyl groups is 2. The highest BCUT2D eigenvalue weighted by molar-refractivity contribution is 6.33. The number of esters is 2. The molecule has 0 aromatic heterocycles. The smallest absolute Gasteiger partial charge is 0.343 e. The molecular weight excluding hydrogens is 873 g/mol. The van der Waals surface area contributed by atoms with E-state index in [0.29, 0.717) is 5.69 Å². The summed E-state index contributed by atoms with van der Waals surface area (Å²) in [6, 6.07) is 11.9. The van der Waals surface area contributed by atoms with Gasteiger partial charge in [0.25, 0.3) is 11.7 Å². The van der Waals surface area contributed by atoms with Gasteiger partial charge in [-0.1, -0.05) is 69.7 Å². The highest BCUT2D eigenvalue weighted by Gasteiger charge is 2.53. The quantitative estimate of drug-likeness (QED) is 0.139. The molecule has 4 aliphatic rings. The molecule has 3 aliphatic heterocycles. The standard InChI is InChI=1S/C53H60N2O13/c1-25-16-18-35(19-17-25)52(63)67-48-33(9)49-40-38-39(48)46(60)42(41(45(38)59)54-36-23-26(2)22-27(3)24-36)55-51(62)29(5)15-13-14-28(4)43(57)31(7)44(58)32(8)47(66-34(10)56)30(6)37(64-12)20-21-65-53(11,68-49)50(40)61/h13-24,28,30-32,37,43-44,47,54,57-58H,1-12H3,(H,55,62)/b14-13-,21-20-,29-15-/t28-,30+,31+,32-,37-,43-,44-,47+,53-/m0/s1. The molecule has 3 heterocycles. The number of benzene rings is 3. The van der Waals surface area contributed by atoms with Gasteiger partial charge >= 0.3 is 17.7 Å². The molecule has 4 N–H and O–H groups in total. The number of amides is 1. The van der Waals surface area contributed by atoms with Crippen LogP contribution in [0.4, 0.5) is 5.69 Å². The molecule has 5 bridgehead atoms. The van der Waals surface area contributed by atoms with Crippen LogP contribution in [0.2, 0.25) is 0 Å². The highest BCUT2D eigenvalue weighted by Crippen LogP contribution is 2.49. The summed E-state index contributed by atoms with van der Waals surface area (Å²) in [5.41, 5.74) is 1.06. The van der Waals surface area contributed by atoms with Gasteiger partial charge < -0.3 is 44.5 Å². The molecule has 0 radical (unpaired) electrons. The molecule has 15 nitrogen and oxygen atoms in total. The molecule has 68 heavy (non-hydrogen) atoms. The minimum absolute atomic E-state index is 0.0128. The van der Waals surface area contributed by atoms with Crippen LogP contribution in [0.25, 0.3) is 0 Å². The Morgan fingerprint density at radius 2 is 1.44 bits per heavy atom. The maximum Gasteiger partial charge on any atom is 0.343 e. The van der Waals surface area contributed by atoms with E-state index >= 15 is 9.59 Å². The predicted molar refractivity (Wildman–Crippen MR) is 252 cm³/mol. The van der Waals surface area contributed by atoms with E-state index in [1.165, 1.54) is 65.4 Å². The Morgan fingerprint density at radius 1 is 0.794 bits per heavy atom. The van der Waals surface area contributed by atoms with E-state index in [1.807, 2.05) is 26.8 Å². The van der Waals surface area contributed by atoms with Crippen LogP contribution in [-0.2, 0) is 23.8 Å². The zero-order valence-corrected chi connectivity index (χ0v) is 40.4. The topological polar surface area (TPSA) is 213 Å². The van der Waals surface area contributed by atoms with Gasteiger partial charge in [0, 0.05) is 61.5 Å². The number of hydrogen-bond acceptors (Lipinski definition) is 14. The van der Waals surface area contributed by atoms with Crippen LogP contribution in [0.5, 0.6) is 11.5 Å². The summed E-state index contributed by atoms with van der Waals surface area (Å²) in [4.78, 5) is 85.9. The maximum atomic E-state index is 15.3. The number of ether oxygens (including phenoxy) is 5. The first-order chi connectivity index (χ1) is 32.0. The molecule has 0 saturated heterocycles. The normalized spacial score (nSPS) is 28.4. The van der Waals surface area contributed by atoms with Crippen LogP contribution in [-0.4, -0.2) is 82.7 Å². The number of carbonyl (C=O) groups excluding carboxylic acids is 6. The van der Waals surface area contributed by atoms with Gasteiger partial charge in [-0.05, 0) is 76.1 Å². The van der Waals surface area contributed by atoms with Gasteiger partial charge in [0.05, 0.1) is 46.8 Å². The van der Waals surface area contributed by atoms with Gasteiger partial charge in [0.15, 0.2) is 0 Å². The van der Waals surface area contributed by atoms with Crippen molar-refractivity contribution >= 4 is 40.9 Å². The summed E-state index contributed by atoms with van der Waals surface area (Å²) in [5, 5.41) is 28.8. The minimum Gasteiger partial charge on any atom is -0.462 e. The average molecular weight is 933 g/mol. The Kier molecular flexibility index (Phi) is 15.1. The van der Waals surface area contributed by atoms with Crippen LogP contribution in [0, 0.1) is 51.4 Å². The van der Waals surface area contributed by atoms with Crippen molar-refractivity contribution in [2.24, 2.45) is 23.7 Å². The molecule has 9 atom stereocenters. The Morgan fingerprint density at radius 3 is 2.06 bits per heavy atom. The van der Waals surface area contributed by atoms with Crippen molar-refractivity contribution in [2.45, 2.75) is 106 Å². The van der Waals surface area contributed by atoms with Crippen molar-refractivity contribution in [3.8, 4) is 11.5 Å². The first-order valence-corrected chi connectivity index (χ1v) is 22.5. The summed E-state index contributed by atoms with van der Waals surface area (Å²) in [5.74, 6) is -10.4. The molecular formula is C53H60N2O13. The Labute approximate surface area is 396 Å².